The van der Waals surface area contributed by atoms with Crippen LogP contribution in [0.25, 0.3) is 32.9 Å². The third-order valence-electron chi connectivity index (χ3n) is 3.67. The largest absolute Gasteiger partial charge is 0.227 e. The molecule has 4 rings (SSSR count). The van der Waals surface area contributed by atoms with Crippen LogP contribution in [0.3, 0.4) is 0 Å². The van der Waals surface area contributed by atoms with Crippen molar-refractivity contribution < 1.29 is 0 Å². The molecule has 0 spiro atoms. The van der Waals surface area contributed by atoms with Crippen LogP contribution in [0.4, 0.5) is 0 Å². The number of hydrogen-bond donors (Lipinski definition) is 0. The summed E-state index contributed by atoms with van der Waals surface area (Å²) in [5.74, 6) is 0.761. The number of benzene rings is 2. The van der Waals surface area contributed by atoms with E-state index in [-0.39, 0.29) is 0 Å². The fourth-order valence-corrected chi connectivity index (χ4v) is 3.56. The standard InChI is InChI=1S/C19H13ClN2S/c1-12-7-10-17(23-12)19-21-16-9-8-14(20)11-15(16)18(22-19)13-5-3-2-4-6-13/h2-11H,1H3. The van der Waals surface area contributed by atoms with Gasteiger partial charge >= 0.3 is 0 Å². The lowest BCUT2D eigenvalue weighted by Crippen LogP contribution is -1.94. The van der Waals surface area contributed by atoms with Gasteiger partial charge in [-0.1, -0.05) is 41.9 Å². The molecular formula is C19H13ClN2S. The van der Waals surface area contributed by atoms with E-state index in [2.05, 4.69) is 31.2 Å². The SMILES string of the molecule is Cc1ccc(-c2nc(-c3ccccc3)c3cc(Cl)ccc3n2)s1. The van der Waals surface area contributed by atoms with Gasteiger partial charge in [0.05, 0.1) is 16.1 Å². The number of rotatable bonds is 2. The Balaban J connectivity index is 2.03. The van der Waals surface area contributed by atoms with Gasteiger partial charge < -0.3 is 0 Å². The number of thiophene rings is 1. The summed E-state index contributed by atoms with van der Waals surface area (Å²) in [5.41, 5.74) is 2.89. The number of hydrogen-bond acceptors (Lipinski definition) is 3. The molecule has 0 atom stereocenters. The van der Waals surface area contributed by atoms with Crippen LogP contribution in [0.2, 0.25) is 5.02 Å². The summed E-state index contributed by atoms with van der Waals surface area (Å²) in [4.78, 5) is 11.9. The van der Waals surface area contributed by atoms with Crippen LogP contribution in [-0.4, -0.2) is 9.97 Å². The monoisotopic (exact) mass is 336 g/mol. The second kappa shape index (κ2) is 5.76. The molecule has 0 aliphatic heterocycles. The molecule has 2 aromatic heterocycles. The van der Waals surface area contributed by atoms with E-state index in [0.29, 0.717) is 5.02 Å². The zero-order valence-electron chi connectivity index (χ0n) is 12.5. The lowest BCUT2D eigenvalue weighted by Gasteiger charge is -2.08. The highest BCUT2D eigenvalue weighted by Gasteiger charge is 2.12. The smallest absolute Gasteiger partial charge is 0.170 e. The van der Waals surface area contributed by atoms with Crippen molar-refractivity contribution in [2.75, 3.05) is 0 Å². The Hall–Kier alpha value is -2.23. The summed E-state index contributed by atoms with van der Waals surface area (Å²) >= 11 is 7.89. The van der Waals surface area contributed by atoms with Crippen LogP contribution in [0.1, 0.15) is 4.88 Å². The Bertz CT molecular complexity index is 993. The maximum atomic E-state index is 6.18. The predicted molar refractivity (Wildman–Crippen MR) is 98.0 cm³/mol. The molecule has 112 valence electrons. The molecule has 0 amide bonds. The average molecular weight is 337 g/mol. The number of aromatic nitrogens is 2. The van der Waals surface area contributed by atoms with Crippen LogP contribution in [0.15, 0.2) is 60.7 Å². The molecule has 0 radical (unpaired) electrons. The van der Waals surface area contributed by atoms with E-state index < -0.39 is 0 Å². The van der Waals surface area contributed by atoms with E-state index >= 15 is 0 Å². The van der Waals surface area contributed by atoms with Crippen LogP contribution in [-0.2, 0) is 0 Å². The lowest BCUT2D eigenvalue weighted by atomic mass is 10.1. The van der Waals surface area contributed by atoms with E-state index in [1.165, 1.54) is 4.88 Å². The molecule has 0 saturated heterocycles. The van der Waals surface area contributed by atoms with E-state index in [0.717, 1.165) is 32.9 Å². The summed E-state index contributed by atoms with van der Waals surface area (Å²) in [6.45, 7) is 2.09. The topological polar surface area (TPSA) is 25.8 Å². The minimum absolute atomic E-state index is 0.693. The minimum Gasteiger partial charge on any atom is -0.227 e. The Morgan fingerprint density at radius 3 is 2.48 bits per heavy atom. The minimum atomic E-state index is 0.693. The number of halogens is 1. The highest BCUT2D eigenvalue weighted by molar-refractivity contribution is 7.15. The van der Waals surface area contributed by atoms with Crippen molar-refractivity contribution in [3.05, 3.63) is 70.6 Å². The first-order valence-corrected chi connectivity index (χ1v) is 8.50. The van der Waals surface area contributed by atoms with Crippen molar-refractivity contribution in [2.24, 2.45) is 0 Å². The molecule has 0 saturated carbocycles. The first-order valence-electron chi connectivity index (χ1n) is 7.30. The van der Waals surface area contributed by atoms with Crippen LogP contribution < -0.4 is 0 Å². The fraction of sp³-hybridized carbons (Fsp3) is 0.0526. The first-order chi connectivity index (χ1) is 11.2. The van der Waals surface area contributed by atoms with E-state index in [1.54, 1.807) is 11.3 Å². The normalized spacial score (nSPS) is 11.0. The second-order valence-electron chi connectivity index (χ2n) is 5.33. The van der Waals surface area contributed by atoms with Gasteiger partial charge in [0.1, 0.15) is 0 Å². The van der Waals surface area contributed by atoms with Crippen molar-refractivity contribution in [1.82, 2.24) is 9.97 Å². The quantitative estimate of drug-likeness (QED) is 0.449. The number of fused-ring (bicyclic) bond motifs is 1. The lowest BCUT2D eigenvalue weighted by molar-refractivity contribution is 1.24. The second-order valence-corrected chi connectivity index (χ2v) is 7.06. The first kappa shape index (κ1) is 14.4. The highest BCUT2D eigenvalue weighted by atomic mass is 35.5. The molecule has 4 heteroatoms. The van der Waals surface area contributed by atoms with E-state index in [1.807, 2.05) is 36.4 Å². The van der Waals surface area contributed by atoms with Crippen LogP contribution >= 0.6 is 22.9 Å². The fourth-order valence-electron chi connectivity index (χ4n) is 2.58. The van der Waals surface area contributed by atoms with E-state index in [9.17, 15) is 0 Å². The van der Waals surface area contributed by atoms with Gasteiger partial charge in [-0.15, -0.1) is 11.3 Å². The van der Waals surface area contributed by atoms with Crippen LogP contribution in [0, 0.1) is 6.92 Å². The molecule has 2 heterocycles. The number of aryl methyl sites for hydroxylation is 1. The van der Waals surface area contributed by atoms with Crippen molar-refractivity contribution in [3.63, 3.8) is 0 Å². The summed E-state index contributed by atoms with van der Waals surface area (Å²) in [6.07, 6.45) is 0. The average Bonchev–Trinajstić information content (AvgIpc) is 3.01. The summed E-state index contributed by atoms with van der Waals surface area (Å²) < 4.78 is 0. The van der Waals surface area contributed by atoms with Gasteiger partial charge in [0.2, 0.25) is 0 Å². The molecule has 0 unspecified atom stereocenters. The molecule has 4 aromatic rings. The maximum Gasteiger partial charge on any atom is 0.170 e. The Kier molecular flexibility index (Phi) is 3.60. The molecule has 0 fully saturated rings. The van der Waals surface area contributed by atoms with Gasteiger partial charge in [-0.25, -0.2) is 9.97 Å². The van der Waals surface area contributed by atoms with Gasteiger partial charge in [0, 0.05) is 20.8 Å². The van der Waals surface area contributed by atoms with Crippen molar-refractivity contribution in [2.45, 2.75) is 6.92 Å². The van der Waals surface area contributed by atoms with Crippen LogP contribution in [0.5, 0.6) is 0 Å². The molecule has 23 heavy (non-hydrogen) atoms. The van der Waals surface area contributed by atoms with E-state index in [4.69, 9.17) is 21.6 Å². The summed E-state index contributed by atoms with van der Waals surface area (Å²) in [5, 5.41) is 1.67. The van der Waals surface area contributed by atoms with Crippen molar-refractivity contribution >= 4 is 33.8 Å². The maximum absolute atomic E-state index is 6.18. The van der Waals surface area contributed by atoms with Gasteiger partial charge in [0.15, 0.2) is 5.82 Å². The Morgan fingerprint density at radius 1 is 0.913 bits per heavy atom. The molecule has 2 nitrogen and oxygen atoms in total. The Labute approximate surface area is 143 Å². The Morgan fingerprint density at radius 2 is 1.74 bits per heavy atom. The van der Waals surface area contributed by atoms with Gasteiger partial charge in [-0.05, 0) is 37.3 Å². The van der Waals surface area contributed by atoms with Gasteiger partial charge in [0.25, 0.3) is 0 Å². The molecule has 0 aliphatic rings. The van der Waals surface area contributed by atoms with Crippen molar-refractivity contribution in [1.29, 1.82) is 0 Å². The third kappa shape index (κ3) is 2.74. The molecule has 0 bridgehead atoms. The molecule has 0 N–H and O–H groups in total. The molecule has 0 aliphatic carbocycles. The summed E-state index contributed by atoms with van der Waals surface area (Å²) in [7, 11) is 0. The van der Waals surface area contributed by atoms with Crippen molar-refractivity contribution in [3.8, 4) is 22.0 Å². The third-order valence-corrected chi connectivity index (χ3v) is 4.90. The zero-order valence-corrected chi connectivity index (χ0v) is 14.0. The molecule has 2 aromatic carbocycles. The van der Waals surface area contributed by atoms with Gasteiger partial charge in [-0.3, -0.25) is 0 Å². The highest BCUT2D eigenvalue weighted by Crippen LogP contribution is 2.32. The zero-order chi connectivity index (χ0) is 15.8. The number of nitrogens with zero attached hydrogens (tertiary/aromatic N) is 2. The molecular weight excluding hydrogens is 324 g/mol. The van der Waals surface area contributed by atoms with Gasteiger partial charge in [-0.2, -0.15) is 0 Å². The predicted octanol–water partition coefficient (Wildman–Crippen LogP) is 5.99. The summed E-state index contributed by atoms with van der Waals surface area (Å²) in [6, 6.07) is 20.1.